The van der Waals surface area contributed by atoms with Gasteiger partial charge in [-0.25, -0.2) is 9.87 Å². The smallest absolute Gasteiger partial charge is 0.277 e. The third-order valence-corrected chi connectivity index (χ3v) is 2.44. The van der Waals surface area contributed by atoms with Crippen LogP contribution in [-0.4, -0.2) is 25.7 Å². The molecule has 1 N–H and O–H groups in total. The molecule has 4 nitrogen and oxygen atoms in total. The molecule has 0 saturated heterocycles. The second-order valence-electron chi connectivity index (χ2n) is 3.98. The van der Waals surface area contributed by atoms with Crippen LogP contribution in [0.4, 0.5) is 4.39 Å². The van der Waals surface area contributed by atoms with Crippen LogP contribution in [0.15, 0.2) is 18.2 Å². The van der Waals surface area contributed by atoms with Gasteiger partial charge in [0.25, 0.3) is 5.91 Å². The third-order valence-electron chi connectivity index (χ3n) is 2.44. The Morgan fingerprint density at radius 1 is 1.50 bits per heavy atom. The van der Waals surface area contributed by atoms with Gasteiger partial charge in [0.15, 0.2) is 0 Å². The third kappa shape index (κ3) is 4.09. The fraction of sp³-hybridized carbons (Fsp3) is 0.462. The van der Waals surface area contributed by atoms with Gasteiger partial charge in [0.05, 0.1) is 12.2 Å². The standard InChI is InChI=1S/C13H18FNO3/c1-4-10-5-6-11(12(14)7-10)13(16)15-18-9(2)8-17-3/h5-7,9H,4,8H2,1-3H3,(H,15,16). The summed E-state index contributed by atoms with van der Waals surface area (Å²) in [6.07, 6.45) is 0.428. The van der Waals surface area contributed by atoms with Crippen LogP contribution in [0.2, 0.25) is 0 Å². The molecule has 1 aromatic rings. The van der Waals surface area contributed by atoms with Gasteiger partial charge >= 0.3 is 0 Å². The molecule has 1 unspecified atom stereocenters. The molecule has 0 aliphatic carbocycles. The second-order valence-corrected chi connectivity index (χ2v) is 3.98. The highest BCUT2D eigenvalue weighted by molar-refractivity contribution is 5.93. The Labute approximate surface area is 106 Å². The van der Waals surface area contributed by atoms with Crippen LogP contribution in [-0.2, 0) is 16.0 Å². The maximum Gasteiger partial charge on any atom is 0.277 e. The summed E-state index contributed by atoms with van der Waals surface area (Å²) in [4.78, 5) is 16.7. The van der Waals surface area contributed by atoms with Crippen molar-refractivity contribution in [1.82, 2.24) is 5.48 Å². The van der Waals surface area contributed by atoms with E-state index in [1.54, 1.807) is 13.0 Å². The summed E-state index contributed by atoms with van der Waals surface area (Å²) >= 11 is 0. The Hall–Kier alpha value is -1.46. The van der Waals surface area contributed by atoms with E-state index in [2.05, 4.69) is 5.48 Å². The molecule has 5 heteroatoms. The minimum absolute atomic E-state index is 0.0307. The largest absolute Gasteiger partial charge is 0.382 e. The van der Waals surface area contributed by atoms with Gasteiger partial charge in [0, 0.05) is 7.11 Å². The molecule has 0 aliphatic heterocycles. The van der Waals surface area contributed by atoms with Gasteiger partial charge in [0.1, 0.15) is 11.9 Å². The molecular weight excluding hydrogens is 237 g/mol. The molecule has 1 amide bonds. The van der Waals surface area contributed by atoms with Crippen LogP contribution >= 0.6 is 0 Å². The maximum atomic E-state index is 13.6. The number of carbonyl (C=O) groups is 1. The van der Waals surface area contributed by atoms with Crippen LogP contribution in [0.25, 0.3) is 0 Å². The van der Waals surface area contributed by atoms with E-state index in [-0.39, 0.29) is 11.7 Å². The van der Waals surface area contributed by atoms with Crippen molar-refractivity contribution in [3.05, 3.63) is 35.1 Å². The number of aryl methyl sites for hydroxylation is 1. The fourth-order valence-corrected chi connectivity index (χ4v) is 1.44. The number of benzene rings is 1. The summed E-state index contributed by atoms with van der Waals surface area (Å²) in [6, 6.07) is 4.53. The van der Waals surface area contributed by atoms with Gasteiger partial charge in [-0.05, 0) is 31.0 Å². The Balaban J connectivity index is 2.61. The zero-order valence-electron chi connectivity index (χ0n) is 10.8. The first kappa shape index (κ1) is 14.6. The first-order valence-corrected chi connectivity index (χ1v) is 5.81. The van der Waals surface area contributed by atoms with E-state index < -0.39 is 11.7 Å². The number of rotatable bonds is 6. The van der Waals surface area contributed by atoms with Gasteiger partial charge in [0.2, 0.25) is 0 Å². The molecule has 0 aromatic heterocycles. The predicted molar refractivity (Wildman–Crippen MR) is 65.7 cm³/mol. The molecule has 0 saturated carbocycles. The zero-order valence-corrected chi connectivity index (χ0v) is 10.8. The van der Waals surface area contributed by atoms with E-state index in [1.165, 1.54) is 19.2 Å². The van der Waals surface area contributed by atoms with E-state index in [0.717, 1.165) is 12.0 Å². The van der Waals surface area contributed by atoms with Gasteiger partial charge in [-0.2, -0.15) is 0 Å². The SMILES string of the molecule is CCc1ccc(C(=O)NOC(C)COC)c(F)c1. The topological polar surface area (TPSA) is 47.6 Å². The van der Waals surface area contributed by atoms with E-state index in [1.807, 2.05) is 6.92 Å². The molecule has 0 fully saturated rings. The number of hydrogen-bond acceptors (Lipinski definition) is 3. The van der Waals surface area contributed by atoms with Crippen LogP contribution < -0.4 is 5.48 Å². The lowest BCUT2D eigenvalue weighted by atomic mass is 10.1. The number of hydrogen-bond donors (Lipinski definition) is 1. The van der Waals surface area contributed by atoms with E-state index in [9.17, 15) is 9.18 Å². The summed E-state index contributed by atoms with van der Waals surface area (Å²) in [6.45, 7) is 4.00. The van der Waals surface area contributed by atoms with Crippen LogP contribution in [0.3, 0.4) is 0 Å². The molecule has 0 aliphatic rings. The van der Waals surface area contributed by atoms with Crippen molar-refractivity contribution >= 4 is 5.91 Å². The molecular formula is C13H18FNO3. The summed E-state index contributed by atoms with van der Waals surface area (Å²) in [5.41, 5.74) is 3.02. The van der Waals surface area contributed by atoms with E-state index in [0.29, 0.717) is 6.61 Å². The number of methoxy groups -OCH3 is 1. The molecule has 100 valence electrons. The summed E-state index contributed by atoms with van der Waals surface area (Å²) < 4.78 is 18.5. The number of halogens is 1. The van der Waals surface area contributed by atoms with Crippen LogP contribution in [0.1, 0.15) is 29.8 Å². The Morgan fingerprint density at radius 2 is 2.22 bits per heavy atom. The molecule has 1 aromatic carbocycles. The Kier molecular flexibility index (Phi) is 5.74. The van der Waals surface area contributed by atoms with Crippen molar-refractivity contribution in [1.29, 1.82) is 0 Å². The normalized spacial score (nSPS) is 12.2. The summed E-state index contributed by atoms with van der Waals surface area (Å²) in [7, 11) is 1.53. The molecule has 1 atom stereocenters. The lowest BCUT2D eigenvalue weighted by Crippen LogP contribution is -2.30. The minimum atomic E-state index is -0.599. The zero-order chi connectivity index (χ0) is 13.5. The first-order chi connectivity index (χ1) is 8.58. The number of hydroxylamine groups is 1. The number of amides is 1. The van der Waals surface area contributed by atoms with Gasteiger partial charge < -0.3 is 4.74 Å². The Morgan fingerprint density at radius 3 is 2.78 bits per heavy atom. The van der Waals surface area contributed by atoms with Crippen molar-refractivity contribution < 1.29 is 18.8 Å². The highest BCUT2D eigenvalue weighted by Crippen LogP contribution is 2.11. The number of nitrogens with one attached hydrogen (secondary N) is 1. The van der Waals surface area contributed by atoms with Gasteiger partial charge in [-0.3, -0.25) is 9.63 Å². The van der Waals surface area contributed by atoms with E-state index >= 15 is 0 Å². The van der Waals surface area contributed by atoms with Gasteiger partial charge in [-0.1, -0.05) is 13.0 Å². The molecule has 1 rings (SSSR count). The average Bonchev–Trinajstić information content (AvgIpc) is 2.36. The second kappa shape index (κ2) is 7.08. The fourth-order valence-electron chi connectivity index (χ4n) is 1.44. The molecule has 0 radical (unpaired) electrons. The van der Waals surface area contributed by atoms with Crippen molar-refractivity contribution in [2.45, 2.75) is 26.4 Å². The van der Waals surface area contributed by atoms with E-state index in [4.69, 9.17) is 9.57 Å². The summed E-state index contributed by atoms with van der Waals surface area (Å²) in [5, 5.41) is 0. The molecule has 0 heterocycles. The number of ether oxygens (including phenoxy) is 1. The average molecular weight is 255 g/mol. The summed E-state index contributed by atoms with van der Waals surface area (Å²) in [5.74, 6) is -1.15. The van der Waals surface area contributed by atoms with Crippen LogP contribution in [0.5, 0.6) is 0 Å². The highest BCUT2D eigenvalue weighted by atomic mass is 19.1. The van der Waals surface area contributed by atoms with Crippen molar-refractivity contribution in [2.75, 3.05) is 13.7 Å². The maximum absolute atomic E-state index is 13.6. The number of carbonyl (C=O) groups excluding carboxylic acids is 1. The van der Waals surface area contributed by atoms with Crippen LogP contribution in [0, 0.1) is 5.82 Å². The van der Waals surface area contributed by atoms with Crippen molar-refractivity contribution in [3.8, 4) is 0 Å². The lowest BCUT2D eigenvalue weighted by molar-refractivity contribution is -0.0392. The molecule has 18 heavy (non-hydrogen) atoms. The lowest BCUT2D eigenvalue weighted by Gasteiger charge is -2.12. The predicted octanol–water partition coefficient (Wildman–Crippen LogP) is 2.08. The molecule has 0 bridgehead atoms. The highest BCUT2D eigenvalue weighted by Gasteiger charge is 2.13. The quantitative estimate of drug-likeness (QED) is 0.792. The monoisotopic (exact) mass is 255 g/mol. The molecule has 0 spiro atoms. The van der Waals surface area contributed by atoms with Gasteiger partial charge in [-0.15, -0.1) is 0 Å². The van der Waals surface area contributed by atoms with Crippen molar-refractivity contribution in [2.24, 2.45) is 0 Å². The first-order valence-electron chi connectivity index (χ1n) is 5.81. The Bertz CT molecular complexity index is 409. The van der Waals surface area contributed by atoms with Crippen molar-refractivity contribution in [3.63, 3.8) is 0 Å². The minimum Gasteiger partial charge on any atom is -0.382 e.